The summed E-state index contributed by atoms with van der Waals surface area (Å²) < 4.78 is 2.13. The van der Waals surface area contributed by atoms with E-state index >= 15 is 0 Å². The van der Waals surface area contributed by atoms with Gasteiger partial charge >= 0.3 is 0 Å². The lowest BCUT2D eigenvalue weighted by Crippen LogP contribution is -2.19. The fourth-order valence-corrected chi connectivity index (χ4v) is 2.00. The molecule has 14 heavy (non-hydrogen) atoms. The lowest BCUT2D eigenvalue weighted by molar-refractivity contribution is 0.478. The lowest BCUT2D eigenvalue weighted by Gasteiger charge is -2.11. The molecule has 0 spiro atoms. The molecule has 1 atom stereocenters. The van der Waals surface area contributed by atoms with Crippen LogP contribution >= 0.6 is 0 Å². The van der Waals surface area contributed by atoms with Crippen LogP contribution in [0.1, 0.15) is 19.0 Å². The molecule has 0 radical (unpaired) electrons. The Balaban J connectivity index is 2.11. The molecule has 1 aliphatic heterocycles. The number of nitrogens with one attached hydrogen (secondary N) is 1. The van der Waals surface area contributed by atoms with Crippen LogP contribution in [0.25, 0.3) is 11.2 Å². The third kappa shape index (κ3) is 1.11. The minimum Gasteiger partial charge on any atom is -0.299 e. The van der Waals surface area contributed by atoms with Gasteiger partial charge in [0.05, 0.1) is 12.5 Å². The monoisotopic (exact) mass is 188 g/mol. The molecular formula is C10H12N4. The molecule has 1 aliphatic rings. The average molecular weight is 188 g/mol. The largest absolute Gasteiger partial charge is 0.299 e. The van der Waals surface area contributed by atoms with Crippen LogP contribution in [0.2, 0.25) is 0 Å². The van der Waals surface area contributed by atoms with Gasteiger partial charge in [0.1, 0.15) is 5.52 Å². The first-order valence-electron chi connectivity index (χ1n) is 4.96. The van der Waals surface area contributed by atoms with E-state index < -0.39 is 0 Å². The van der Waals surface area contributed by atoms with Crippen LogP contribution in [0.4, 0.5) is 0 Å². The first kappa shape index (κ1) is 7.94. The summed E-state index contributed by atoms with van der Waals surface area (Å²) in [5, 5.41) is 3.43. The van der Waals surface area contributed by atoms with Gasteiger partial charge in [0, 0.05) is 6.20 Å². The molecule has 2 aromatic heterocycles. The van der Waals surface area contributed by atoms with Gasteiger partial charge in [0.25, 0.3) is 0 Å². The van der Waals surface area contributed by atoms with Crippen molar-refractivity contribution in [2.24, 2.45) is 0 Å². The molecule has 4 nitrogen and oxygen atoms in total. The second-order valence-corrected chi connectivity index (χ2v) is 3.61. The summed E-state index contributed by atoms with van der Waals surface area (Å²) >= 11 is 0. The summed E-state index contributed by atoms with van der Waals surface area (Å²) in [4.78, 5) is 8.67. The molecule has 1 N–H and O–H groups in total. The molecule has 0 saturated carbocycles. The maximum Gasteiger partial charge on any atom is 0.161 e. The van der Waals surface area contributed by atoms with Crippen LogP contribution in [0, 0.1) is 0 Å². The first-order chi connectivity index (χ1) is 6.95. The molecule has 3 rings (SSSR count). The van der Waals surface area contributed by atoms with Crippen molar-refractivity contribution in [1.29, 1.82) is 0 Å². The van der Waals surface area contributed by atoms with Crippen molar-refractivity contribution in [3.8, 4) is 0 Å². The number of hydrogen-bond donors (Lipinski definition) is 1. The number of imidazole rings is 1. The molecule has 1 unspecified atom stereocenters. The number of aromatic nitrogens is 3. The van der Waals surface area contributed by atoms with Gasteiger partial charge in [0.15, 0.2) is 5.65 Å². The van der Waals surface area contributed by atoms with Gasteiger partial charge in [-0.1, -0.05) is 0 Å². The predicted molar refractivity (Wildman–Crippen MR) is 53.8 cm³/mol. The highest BCUT2D eigenvalue weighted by atomic mass is 15.2. The van der Waals surface area contributed by atoms with Crippen molar-refractivity contribution in [2.45, 2.75) is 19.0 Å². The quantitative estimate of drug-likeness (QED) is 0.733. The molecule has 1 saturated heterocycles. The van der Waals surface area contributed by atoms with Crippen LogP contribution in [0.3, 0.4) is 0 Å². The smallest absolute Gasteiger partial charge is 0.161 e. The van der Waals surface area contributed by atoms with Crippen LogP contribution in [0.15, 0.2) is 24.7 Å². The Labute approximate surface area is 82.0 Å². The standard InChI is InChI=1S/C10H12N4/c1-3-8-10(12-6-1)14(7-13-8)9-4-2-5-11-9/h1,3,6-7,9,11H,2,4-5H2. The van der Waals surface area contributed by atoms with Crippen molar-refractivity contribution in [3.05, 3.63) is 24.7 Å². The molecule has 3 heterocycles. The van der Waals surface area contributed by atoms with Crippen LogP contribution < -0.4 is 5.32 Å². The molecule has 4 heteroatoms. The minimum absolute atomic E-state index is 0.384. The number of fused-ring (bicyclic) bond motifs is 1. The Hall–Kier alpha value is -1.42. The Kier molecular flexibility index (Phi) is 1.73. The van der Waals surface area contributed by atoms with Crippen LogP contribution in [-0.2, 0) is 0 Å². The van der Waals surface area contributed by atoms with E-state index in [4.69, 9.17) is 0 Å². The fourth-order valence-electron chi connectivity index (χ4n) is 2.00. The van der Waals surface area contributed by atoms with Crippen LogP contribution in [-0.4, -0.2) is 21.1 Å². The van der Waals surface area contributed by atoms with E-state index in [2.05, 4.69) is 19.9 Å². The van der Waals surface area contributed by atoms with E-state index in [1.807, 2.05) is 24.7 Å². The van der Waals surface area contributed by atoms with Crippen molar-refractivity contribution in [1.82, 2.24) is 19.9 Å². The van der Waals surface area contributed by atoms with E-state index in [9.17, 15) is 0 Å². The third-order valence-corrected chi connectivity index (χ3v) is 2.70. The lowest BCUT2D eigenvalue weighted by atomic mass is 10.3. The van der Waals surface area contributed by atoms with Crippen molar-refractivity contribution < 1.29 is 0 Å². The van der Waals surface area contributed by atoms with E-state index in [0.717, 1.165) is 17.7 Å². The summed E-state index contributed by atoms with van der Waals surface area (Å²) in [6, 6.07) is 3.91. The molecule has 2 aromatic rings. The molecular weight excluding hydrogens is 176 g/mol. The van der Waals surface area contributed by atoms with Gasteiger partial charge in [-0.3, -0.25) is 9.88 Å². The second-order valence-electron chi connectivity index (χ2n) is 3.61. The summed E-state index contributed by atoms with van der Waals surface area (Å²) in [6.07, 6.45) is 6.48. The van der Waals surface area contributed by atoms with E-state index in [1.165, 1.54) is 12.8 Å². The zero-order chi connectivity index (χ0) is 9.38. The summed E-state index contributed by atoms with van der Waals surface area (Å²) in [5.41, 5.74) is 1.95. The summed E-state index contributed by atoms with van der Waals surface area (Å²) in [5.74, 6) is 0. The molecule has 0 aromatic carbocycles. The Morgan fingerprint density at radius 1 is 1.43 bits per heavy atom. The number of nitrogens with zero attached hydrogens (tertiary/aromatic N) is 3. The SMILES string of the molecule is c1cnc2c(c1)ncn2C1CCCN1. The molecule has 1 fully saturated rings. The van der Waals surface area contributed by atoms with Crippen molar-refractivity contribution in [2.75, 3.05) is 6.54 Å². The highest BCUT2D eigenvalue weighted by Crippen LogP contribution is 2.20. The number of pyridine rings is 1. The van der Waals surface area contributed by atoms with Gasteiger partial charge in [-0.25, -0.2) is 9.97 Å². The Morgan fingerprint density at radius 2 is 2.43 bits per heavy atom. The van der Waals surface area contributed by atoms with Gasteiger partial charge in [-0.15, -0.1) is 0 Å². The van der Waals surface area contributed by atoms with Gasteiger partial charge < -0.3 is 0 Å². The molecule has 72 valence electrons. The number of rotatable bonds is 1. The van der Waals surface area contributed by atoms with E-state index in [0.29, 0.717) is 6.17 Å². The topological polar surface area (TPSA) is 42.7 Å². The fraction of sp³-hybridized carbons (Fsp3) is 0.400. The summed E-state index contributed by atoms with van der Waals surface area (Å²) in [7, 11) is 0. The third-order valence-electron chi connectivity index (χ3n) is 2.70. The highest BCUT2D eigenvalue weighted by Gasteiger charge is 2.17. The molecule has 0 bridgehead atoms. The molecule has 0 aliphatic carbocycles. The maximum absolute atomic E-state index is 4.35. The first-order valence-corrected chi connectivity index (χ1v) is 4.96. The van der Waals surface area contributed by atoms with Gasteiger partial charge in [-0.05, 0) is 31.5 Å². The van der Waals surface area contributed by atoms with Crippen LogP contribution in [0.5, 0.6) is 0 Å². The average Bonchev–Trinajstić information content (AvgIpc) is 2.85. The van der Waals surface area contributed by atoms with Crippen molar-refractivity contribution >= 4 is 11.2 Å². The Bertz CT molecular complexity index is 442. The van der Waals surface area contributed by atoms with Crippen molar-refractivity contribution in [3.63, 3.8) is 0 Å². The highest BCUT2D eigenvalue weighted by molar-refractivity contribution is 5.70. The maximum atomic E-state index is 4.35. The van der Waals surface area contributed by atoms with Gasteiger partial charge in [0.2, 0.25) is 0 Å². The molecule has 0 amide bonds. The number of hydrogen-bond acceptors (Lipinski definition) is 3. The predicted octanol–water partition coefficient (Wildman–Crippen LogP) is 1.31. The van der Waals surface area contributed by atoms with Gasteiger partial charge in [-0.2, -0.15) is 0 Å². The normalized spacial score (nSPS) is 21.9. The van der Waals surface area contributed by atoms with E-state index in [1.54, 1.807) is 0 Å². The summed E-state index contributed by atoms with van der Waals surface area (Å²) in [6.45, 7) is 1.09. The second kappa shape index (κ2) is 3.06. The zero-order valence-corrected chi connectivity index (χ0v) is 7.85. The minimum atomic E-state index is 0.384. The van der Waals surface area contributed by atoms with E-state index in [-0.39, 0.29) is 0 Å². The zero-order valence-electron chi connectivity index (χ0n) is 7.85. The Morgan fingerprint density at radius 3 is 3.29 bits per heavy atom.